The lowest BCUT2D eigenvalue weighted by Gasteiger charge is -2.16. The first-order valence-corrected chi connectivity index (χ1v) is 6.32. The highest BCUT2D eigenvalue weighted by atomic mass is 35.5. The molecule has 17 heavy (non-hydrogen) atoms. The van der Waals surface area contributed by atoms with Gasteiger partial charge in [-0.05, 0) is 25.0 Å². The van der Waals surface area contributed by atoms with Crippen molar-refractivity contribution in [1.82, 2.24) is 9.55 Å². The topological polar surface area (TPSA) is 55.9 Å². The second kappa shape index (κ2) is 4.20. The van der Waals surface area contributed by atoms with Crippen LogP contribution in [0, 0.1) is 0 Å². The molecule has 0 atom stereocenters. The van der Waals surface area contributed by atoms with Crippen molar-refractivity contribution < 1.29 is 0 Å². The zero-order valence-corrected chi connectivity index (χ0v) is 10.2. The largest absolute Gasteiger partial charge is 0.305 e. The van der Waals surface area contributed by atoms with Crippen molar-refractivity contribution in [2.24, 2.45) is 5.84 Å². The average molecular weight is 251 g/mol. The molecule has 0 bridgehead atoms. The fourth-order valence-electron chi connectivity index (χ4n) is 2.73. The summed E-state index contributed by atoms with van der Waals surface area (Å²) in [5, 5.41) is 0.739. The molecule has 0 radical (unpaired) electrons. The van der Waals surface area contributed by atoms with Crippen LogP contribution in [0.1, 0.15) is 31.7 Å². The van der Waals surface area contributed by atoms with E-state index in [1.165, 1.54) is 25.7 Å². The Balaban J connectivity index is 2.24. The minimum Gasteiger partial charge on any atom is -0.305 e. The second-order valence-electron chi connectivity index (χ2n) is 4.50. The summed E-state index contributed by atoms with van der Waals surface area (Å²) in [5.74, 6) is 6.26. The molecule has 3 N–H and O–H groups in total. The third-order valence-electron chi connectivity index (χ3n) is 3.48. The number of hydrogen-bond acceptors (Lipinski definition) is 3. The lowest BCUT2D eigenvalue weighted by molar-refractivity contribution is 0.537. The molecule has 90 valence electrons. The molecule has 1 aromatic carbocycles. The normalized spacial score (nSPS) is 16.8. The smallest absolute Gasteiger partial charge is 0.218 e. The van der Waals surface area contributed by atoms with Crippen LogP contribution in [0.4, 0.5) is 5.95 Å². The third kappa shape index (κ3) is 1.68. The first-order valence-electron chi connectivity index (χ1n) is 5.94. The number of nitrogens with one attached hydrogen (secondary N) is 1. The number of rotatable bonds is 2. The number of benzene rings is 1. The van der Waals surface area contributed by atoms with Crippen LogP contribution in [0.25, 0.3) is 11.0 Å². The number of nitrogens with zero attached hydrogens (tertiary/aromatic N) is 2. The molecule has 1 saturated carbocycles. The number of imidazole rings is 1. The maximum atomic E-state index is 6.28. The SMILES string of the molecule is NNc1nc2cccc(Cl)c2n1C1CCCC1. The Kier molecular flexibility index (Phi) is 2.68. The van der Waals surface area contributed by atoms with Crippen LogP contribution < -0.4 is 11.3 Å². The van der Waals surface area contributed by atoms with Crippen molar-refractivity contribution in [2.45, 2.75) is 31.7 Å². The van der Waals surface area contributed by atoms with Crippen molar-refractivity contribution >= 4 is 28.6 Å². The van der Waals surface area contributed by atoms with E-state index in [-0.39, 0.29) is 0 Å². The Bertz CT molecular complexity index is 543. The zero-order chi connectivity index (χ0) is 11.8. The predicted octanol–water partition coefficient (Wildman–Crippen LogP) is 3.09. The van der Waals surface area contributed by atoms with Gasteiger partial charge in [-0.3, -0.25) is 5.43 Å². The fourth-order valence-corrected chi connectivity index (χ4v) is 2.99. The maximum Gasteiger partial charge on any atom is 0.218 e. The summed E-state index contributed by atoms with van der Waals surface area (Å²) in [4.78, 5) is 4.48. The molecule has 3 rings (SSSR count). The zero-order valence-electron chi connectivity index (χ0n) is 9.49. The molecule has 4 nitrogen and oxygen atoms in total. The van der Waals surface area contributed by atoms with E-state index in [9.17, 15) is 0 Å². The molecular weight excluding hydrogens is 236 g/mol. The quantitative estimate of drug-likeness (QED) is 0.636. The van der Waals surface area contributed by atoms with E-state index >= 15 is 0 Å². The van der Waals surface area contributed by atoms with Gasteiger partial charge in [-0.2, -0.15) is 0 Å². The molecule has 0 unspecified atom stereocenters. The highest BCUT2D eigenvalue weighted by Gasteiger charge is 2.23. The Morgan fingerprint density at radius 2 is 2.12 bits per heavy atom. The molecular formula is C12H15ClN4. The Hall–Kier alpha value is -1.26. The average Bonchev–Trinajstić information content (AvgIpc) is 2.95. The number of hydrogen-bond donors (Lipinski definition) is 2. The number of para-hydroxylation sites is 1. The van der Waals surface area contributed by atoms with Gasteiger partial charge in [0.1, 0.15) is 0 Å². The van der Waals surface area contributed by atoms with Gasteiger partial charge < -0.3 is 4.57 Å². The van der Waals surface area contributed by atoms with E-state index in [0.29, 0.717) is 12.0 Å². The van der Waals surface area contributed by atoms with Gasteiger partial charge in [-0.25, -0.2) is 10.8 Å². The number of nitrogen functional groups attached to an aromatic ring is 1. The summed E-state index contributed by atoms with van der Waals surface area (Å²) < 4.78 is 2.16. The highest BCUT2D eigenvalue weighted by Crippen LogP contribution is 2.37. The van der Waals surface area contributed by atoms with E-state index < -0.39 is 0 Å². The Morgan fingerprint density at radius 1 is 1.35 bits per heavy atom. The van der Waals surface area contributed by atoms with Crippen molar-refractivity contribution in [2.75, 3.05) is 5.43 Å². The van der Waals surface area contributed by atoms with E-state index in [0.717, 1.165) is 16.1 Å². The van der Waals surface area contributed by atoms with Gasteiger partial charge in [0.2, 0.25) is 5.95 Å². The molecule has 1 aliphatic carbocycles. The van der Waals surface area contributed by atoms with Crippen LogP contribution in [-0.2, 0) is 0 Å². The van der Waals surface area contributed by atoms with Crippen LogP contribution in [0.5, 0.6) is 0 Å². The van der Waals surface area contributed by atoms with E-state index in [1.807, 2.05) is 18.2 Å². The van der Waals surface area contributed by atoms with Crippen molar-refractivity contribution in [3.8, 4) is 0 Å². The predicted molar refractivity (Wildman–Crippen MR) is 70.1 cm³/mol. The number of hydrazine groups is 1. The van der Waals surface area contributed by atoms with Gasteiger partial charge in [-0.1, -0.05) is 30.5 Å². The van der Waals surface area contributed by atoms with Crippen molar-refractivity contribution in [3.63, 3.8) is 0 Å². The lowest BCUT2D eigenvalue weighted by Crippen LogP contribution is -2.15. The highest BCUT2D eigenvalue weighted by molar-refractivity contribution is 6.35. The standard InChI is InChI=1S/C12H15ClN4/c13-9-6-3-7-10-11(9)17(12(15-10)16-14)8-4-1-2-5-8/h3,6-8H,1-2,4-5,14H2,(H,15,16). The number of nitrogens with two attached hydrogens (primary N) is 1. The summed E-state index contributed by atoms with van der Waals surface area (Å²) in [6, 6.07) is 6.24. The van der Waals surface area contributed by atoms with E-state index in [4.69, 9.17) is 17.4 Å². The molecule has 0 spiro atoms. The van der Waals surface area contributed by atoms with E-state index in [1.54, 1.807) is 0 Å². The van der Waals surface area contributed by atoms with Crippen molar-refractivity contribution in [1.29, 1.82) is 0 Å². The third-order valence-corrected chi connectivity index (χ3v) is 3.78. The van der Waals surface area contributed by atoms with Crippen LogP contribution in [0.3, 0.4) is 0 Å². The van der Waals surface area contributed by atoms with Crippen molar-refractivity contribution in [3.05, 3.63) is 23.2 Å². The fraction of sp³-hybridized carbons (Fsp3) is 0.417. The number of fused-ring (bicyclic) bond motifs is 1. The number of aromatic nitrogens is 2. The summed E-state index contributed by atoms with van der Waals surface area (Å²) in [5.41, 5.74) is 4.58. The number of halogens is 1. The van der Waals surface area contributed by atoms with Gasteiger partial charge in [0.05, 0.1) is 16.1 Å². The first kappa shape index (κ1) is 10.9. The Labute approximate surface area is 105 Å². The minimum absolute atomic E-state index is 0.464. The van der Waals surface area contributed by atoms with Crippen LogP contribution in [-0.4, -0.2) is 9.55 Å². The van der Waals surface area contributed by atoms with Gasteiger partial charge in [0.15, 0.2) is 0 Å². The first-order chi connectivity index (χ1) is 8.31. The molecule has 5 heteroatoms. The molecule has 0 saturated heterocycles. The molecule has 1 aromatic heterocycles. The molecule has 1 aliphatic rings. The van der Waals surface area contributed by atoms with Gasteiger partial charge in [0, 0.05) is 6.04 Å². The molecule has 1 fully saturated rings. The minimum atomic E-state index is 0.464. The summed E-state index contributed by atoms with van der Waals surface area (Å²) in [6.07, 6.45) is 4.87. The second-order valence-corrected chi connectivity index (χ2v) is 4.90. The van der Waals surface area contributed by atoms with Gasteiger partial charge in [-0.15, -0.1) is 0 Å². The molecule has 1 heterocycles. The van der Waals surface area contributed by atoms with Crippen LogP contribution in [0.15, 0.2) is 18.2 Å². The summed E-state index contributed by atoms with van der Waals surface area (Å²) in [7, 11) is 0. The van der Waals surface area contributed by atoms with Gasteiger partial charge in [0.25, 0.3) is 0 Å². The lowest BCUT2D eigenvalue weighted by atomic mass is 10.2. The van der Waals surface area contributed by atoms with Gasteiger partial charge >= 0.3 is 0 Å². The monoisotopic (exact) mass is 250 g/mol. The van der Waals surface area contributed by atoms with Crippen LogP contribution in [0.2, 0.25) is 5.02 Å². The number of anilines is 1. The molecule has 2 aromatic rings. The summed E-state index contributed by atoms with van der Waals surface area (Å²) in [6.45, 7) is 0. The molecule has 0 aliphatic heterocycles. The Morgan fingerprint density at radius 3 is 2.82 bits per heavy atom. The summed E-state index contributed by atoms with van der Waals surface area (Å²) >= 11 is 6.28. The van der Waals surface area contributed by atoms with E-state index in [2.05, 4.69) is 15.0 Å². The molecule has 0 amide bonds. The maximum absolute atomic E-state index is 6.28. The van der Waals surface area contributed by atoms with Crippen LogP contribution >= 0.6 is 11.6 Å².